The highest BCUT2D eigenvalue weighted by atomic mass is 32.2. The van der Waals surface area contributed by atoms with Crippen LogP contribution in [0.1, 0.15) is 26.3 Å². The highest BCUT2D eigenvalue weighted by molar-refractivity contribution is 7.89. The van der Waals surface area contributed by atoms with Crippen LogP contribution in [-0.4, -0.2) is 42.4 Å². The molecule has 29 heavy (non-hydrogen) atoms. The second kappa shape index (κ2) is 7.02. The first kappa shape index (κ1) is 19.2. The monoisotopic (exact) mass is 406 g/mol. The van der Waals surface area contributed by atoms with Gasteiger partial charge in [-0.2, -0.15) is 4.31 Å². The van der Waals surface area contributed by atoms with E-state index in [1.165, 1.54) is 19.2 Å². The molecular formula is C22H18N2O4S. The maximum atomic E-state index is 13.2. The fourth-order valence-corrected chi connectivity index (χ4v) is 5.03. The number of pyridine rings is 1. The number of ketones is 2. The molecular weight excluding hydrogens is 388 g/mol. The largest absolute Gasteiger partial charge is 0.292 e. The van der Waals surface area contributed by atoms with Gasteiger partial charge in [-0.05, 0) is 42.3 Å². The molecule has 2 heterocycles. The van der Waals surface area contributed by atoms with Gasteiger partial charge in [-0.3, -0.25) is 14.6 Å². The first-order chi connectivity index (χ1) is 13.8. The van der Waals surface area contributed by atoms with E-state index in [1.54, 1.807) is 42.7 Å². The van der Waals surface area contributed by atoms with Gasteiger partial charge in [0.2, 0.25) is 10.0 Å². The van der Waals surface area contributed by atoms with E-state index in [9.17, 15) is 18.0 Å². The molecule has 1 aromatic heterocycles. The highest BCUT2D eigenvalue weighted by Crippen LogP contribution is 2.31. The van der Waals surface area contributed by atoms with Crippen LogP contribution in [0.25, 0.3) is 11.1 Å². The Morgan fingerprint density at radius 3 is 2.55 bits per heavy atom. The lowest BCUT2D eigenvalue weighted by molar-refractivity contribution is 0.0784. The van der Waals surface area contributed by atoms with Crippen LogP contribution < -0.4 is 0 Å². The van der Waals surface area contributed by atoms with Crippen LogP contribution in [0.15, 0.2) is 71.9 Å². The summed E-state index contributed by atoms with van der Waals surface area (Å²) in [5.41, 5.74) is 2.94. The van der Waals surface area contributed by atoms with Crippen molar-refractivity contribution >= 4 is 21.6 Å². The maximum absolute atomic E-state index is 13.2. The first-order valence-electron chi connectivity index (χ1n) is 8.99. The molecule has 1 aliphatic heterocycles. The Bertz CT molecular complexity index is 1250. The number of sulfonamides is 1. The predicted octanol–water partition coefficient (Wildman–Crippen LogP) is 3.13. The zero-order valence-electron chi connectivity index (χ0n) is 15.9. The molecule has 0 saturated heterocycles. The quantitative estimate of drug-likeness (QED) is 0.493. The number of likely N-dealkylation sites (N-methyl/N-ethyl adjacent to an activating group) is 1. The Kier molecular flexibility index (Phi) is 4.64. The van der Waals surface area contributed by atoms with E-state index >= 15 is 0 Å². The molecule has 0 radical (unpaired) electrons. The van der Waals surface area contributed by atoms with Gasteiger partial charge in [0.25, 0.3) is 0 Å². The molecule has 0 N–H and O–H groups in total. The number of nitrogens with zero attached hydrogens (tertiary/aromatic N) is 2. The molecule has 2 aromatic carbocycles. The van der Waals surface area contributed by atoms with E-state index in [4.69, 9.17) is 0 Å². The molecule has 0 spiro atoms. The summed E-state index contributed by atoms with van der Waals surface area (Å²) in [6, 6.07) is 13.2. The summed E-state index contributed by atoms with van der Waals surface area (Å²) in [7, 11) is -2.68. The van der Waals surface area contributed by atoms with E-state index in [0.717, 1.165) is 21.0 Å². The van der Waals surface area contributed by atoms with Crippen molar-refractivity contribution in [1.82, 2.24) is 9.29 Å². The topological polar surface area (TPSA) is 84.4 Å². The first-order valence-corrected chi connectivity index (χ1v) is 10.4. The molecule has 0 bridgehead atoms. The minimum Gasteiger partial charge on any atom is -0.292 e. The van der Waals surface area contributed by atoms with E-state index < -0.39 is 27.6 Å². The average molecular weight is 406 g/mol. The summed E-state index contributed by atoms with van der Waals surface area (Å²) in [4.78, 5) is 30.3. The van der Waals surface area contributed by atoms with Gasteiger partial charge in [-0.1, -0.05) is 30.3 Å². The lowest BCUT2D eigenvalue weighted by atomic mass is 9.93. The molecule has 7 heteroatoms. The second-order valence-corrected chi connectivity index (χ2v) is 8.89. The van der Waals surface area contributed by atoms with Crippen LogP contribution in [0.4, 0.5) is 0 Å². The Balaban J connectivity index is 1.79. The van der Waals surface area contributed by atoms with Crippen molar-refractivity contribution in [3.63, 3.8) is 0 Å². The average Bonchev–Trinajstić information content (AvgIpc) is 2.73. The van der Waals surface area contributed by atoms with Crippen LogP contribution in [0.2, 0.25) is 0 Å². The van der Waals surface area contributed by atoms with Crippen LogP contribution in [0, 0.1) is 6.92 Å². The van der Waals surface area contributed by atoms with Gasteiger partial charge in [0.05, 0.1) is 4.90 Å². The number of carbonyl (C=O) groups is 2. The lowest BCUT2D eigenvalue weighted by Crippen LogP contribution is -2.51. The fourth-order valence-electron chi connectivity index (χ4n) is 3.55. The number of fused-ring (bicyclic) bond motifs is 1. The molecule has 0 amide bonds. The lowest BCUT2D eigenvalue weighted by Gasteiger charge is -2.31. The molecule has 4 rings (SSSR count). The summed E-state index contributed by atoms with van der Waals surface area (Å²) in [6.45, 7) is 1.94. The van der Waals surface area contributed by atoms with Crippen molar-refractivity contribution in [3.8, 4) is 11.1 Å². The summed E-state index contributed by atoms with van der Waals surface area (Å²) in [5.74, 6) is -1.08. The van der Waals surface area contributed by atoms with E-state index in [2.05, 4.69) is 4.98 Å². The number of rotatable bonds is 3. The molecule has 1 atom stereocenters. The minimum absolute atomic E-state index is 0.0446. The normalized spacial score (nSPS) is 18.3. The minimum atomic E-state index is -3.94. The Labute approximate surface area is 168 Å². The van der Waals surface area contributed by atoms with E-state index in [0.29, 0.717) is 0 Å². The molecule has 6 nitrogen and oxygen atoms in total. The summed E-state index contributed by atoms with van der Waals surface area (Å²) < 4.78 is 26.5. The van der Waals surface area contributed by atoms with Crippen molar-refractivity contribution in [3.05, 3.63) is 83.7 Å². The van der Waals surface area contributed by atoms with E-state index in [1.807, 2.05) is 19.1 Å². The Morgan fingerprint density at radius 1 is 1.03 bits per heavy atom. The van der Waals surface area contributed by atoms with Gasteiger partial charge < -0.3 is 0 Å². The summed E-state index contributed by atoms with van der Waals surface area (Å²) in [6.07, 6.45) is 3.39. The molecule has 0 saturated carbocycles. The fraction of sp³-hybridized carbons (Fsp3) is 0.136. The van der Waals surface area contributed by atoms with Crippen molar-refractivity contribution in [1.29, 1.82) is 0 Å². The molecule has 3 aromatic rings. The van der Waals surface area contributed by atoms with E-state index in [-0.39, 0.29) is 16.0 Å². The number of hydrogen-bond acceptors (Lipinski definition) is 5. The van der Waals surface area contributed by atoms with Crippen LogP contribution in [0.5, 0.6) is 0 Å². The summed E-state index contributed by atoms with van der Waals surface area (Å²) in [5, 5.41) is 0. The number of benzene rings is 2. The third kappa shape index (κ3) is 3.08. The van der Waals surface area contributed by atoms with Crippen molar-refractivity contribution in [2.75, 3.05) is 7.05 Å². The zero-order chi connectivity index (χ0) is 20.8. The SMILES string of the molecule is Cc1ccncc1-c1cccc(C(=O)C2C(=O)c3ccccc3S(=O)(=O)N2C)c1. The zero-order valence-corrected chi connectivity index (χ0v) is 16.7. The third-order valence-corrected chi connectivity index (χ3v) is 7.05. The number of aryl methyl sites for hydroxylation is 1. The van der Waals surface area contributed by atoms with Gasteiger partial charge in [-0.15, -0.1) is 0 Å². The molecule has 1 unspecified atom stereocenters. The molecule has 146 valence electrons. The van der Waals surface area contributed by atoms with Gasteiger partial charge in [0, 0.05) is 36.1 Å². The third-order valence-electron chi connectivity index (χ3n) is 5.17. The van der Waals surface area contributed by atoms with Crippen LogP contribution in [-0.2, 0) is 10.0 Å². The van der Waals surface area contributed by atoms with Crippen LogP contribution in [0.3, 0.4) is 0 Å². The highest BCUT2D eigenvalue weighted by Gasteiger charge is 2.45. The number of carbonyl (C=O) groups excluding carboxylic acids is 2. The number of Topliss-reactive ketones (excluding diaryl/α,β-unsaturated/α-hetero) is 2. The number of aromatic nitrogens is 1. The predicted molar refractivity (Wildman–Crippen MR) is 108 cm³/mol. The van der Waals surface area contributed by atoms with Gasteiger partial charge in [0.15, 0.2) is 17.6 Å². The van der Waals surface area contributed by atoms with Crippen LogP contribution >= 0.6 is 0 Å². The standard InChI is InChI=1S/C22H18N2O4S/c1-14-10-11-23-13-18(14)15-6-5-7-16(12-15)21(25)20-22(26)17-8-3-4-9-19(17)29(27,28)24(20)2/h3-13,20H,1-2H3. The van der Waals surface area contributed by atoms with Gasteiger partial charge in [-0.25, -0.2) is 8.42 Å². The van der Waals surface area contributed by atoms with Gasteiger partial charge in [0.1, 0.15) is 0 Å². The van der Waals surface area contributed by atoms with Crippen molar-refractivity contribution in [2.24, 2.45) is 0 Å². The Morgan fingerprint density at radius 2 is 1.79 bits per heavy atom. The Hall–Kier alpha value is -3.16. The van der Waals surface area contributed by atoms with Crippen molar-refractivity contribution < 1.29 is 18.0 Å². The van der Waals surface area contributed by atoms with Crippen molar-refractivity contribution in [2.45, 2.75) is 17.9 Å². The smallest absolute Gasteiger partial charge is 0.244 e. The second-order valence-electron chi connectivity index (χ2n) is 6.92. The molecule has 1 aliphatic rings. The maximum Gasteiger partial charge on any atom is 0.244 e. The summed E-state index contributed by atoms with van der Waals surface area (Å²) >= 11 is 0. The number of hydrogen-bond donors (Lipinski definition) is 0. The van der Waals surface area contributed by atoms with Gasteiger partial charge >= 0.3 is 0 Å². The molecule has 0 fully saturated rings. The molecule has 0 aliphatic carbocycles.